The molecule has 2 heterocycles. The second-order valence-electron chi connectivity index (χ2n) is 5.88. The number of halogens is 1. The van der Waals surface area contributed by atoms with Gasteiger partial charge in [0.15, 0.2) is 5.78 Å². The first-order valence-electron chi connectivity index (χ1n) is 7.37. The molecular weight excluding hydrogens is 291 g/mol. The molecule has 0 saturated carbocycles. The van der Waals surface area contributed by atoms with E-state index in [4.69, 9.17) is 4.74 Å². The summed E-state index contributed by atoms with van der Waals surface area (Å²) in [7, 11) is 0.682. The van der Waals surface area contributed by atoms with Gasteiger partial charge >= 0.3 is 0 Å². The SMILES string of the molecule is COc1ccc(F)cc1C(=O)C1CC2CCCC(C1)S2=O. The van der Waals surface area contributed by atoms with Gasteiger partial charge in [-0.3, -0.25) is 9.00 Å². The smallest absolute Gasteiger partial charge is 0.169 e. The lowest BCUT2D eigenvalue weighted by Gasteiger charge is -2.37. The van der Waals surface area contributed by atoms with Crippen LogP contribution in [0.2, 0.25) is 0 Å². The Hall–Kier alpha value is -1.23. The van der Waals surface area contributed by atoms with E-state index in [9.17, 15) is 13.4 Å². The molecule has 2 aliphatic rings. The van der Waals surface area contributed by atoms with Crippen LogP contribution in [0, 0.1) is 11.7 Å². The molecule has 0 aromatic heterocycles. The van der Waals surface area contributed by atoms with Crippen molar-refractivity contribution in [3.05, 3.63) is 29.6 Å². The number of rotatable bonds is 3. The van der Waals surface area contributed by atoms with Crippen molar-refractivity contribution in [3.63, 3.8) is 0 Å². The Morgan fingerprint density at radius 1 is 1.29 bits per heavy atom. The van der Waals surface area contributed by atoms with Crippen LogP contribution in [0.4, 0.5) is 4.39 Å². The van der Waals surface area contributed by atoms with Gasteiger partial charge in [-0.15, -0.1) is 0 Å². The number of ketones is 1. The van der Waals surface area contributed by atoms with Gasteiger partial charge in [0.05, 0.1) is 12.7 Å². The van der Waals surface area contributed by atoms with E-state index >= 15 is 0 Å². The number of hydrogen-bond donors (Lipinski definition) is 0. The zero-order valence-electron chi connectivity index (χ0n) is 12.0. The maximum atomic E-state index is 13.4. The van der Waals surface area contributed by atoms with Gasteiger partial charge in [-0.1, -0.05) is 6.42 Å². The summed E-state index contributed by atoms with van der Waals surface area (Å²) in [5.74, 6) is -0.245. The number of benzene rings is 1. The summed E-state index contributed by atoms with van der Waals surface area (Å²) >= 11 is 0. The third-order valence-corrected chi connectivity index (χ3v) is 6.77. The van der Waals surface area contributed by atoms with E-state index in [2.05, 4.69) is 0 Å². The second-order valence-corrected chi connectivity index (χ2v) is 7.87. The predicted molar refractivity (Wildman–Crippen MR) is 79.6 cm³/mol. The first-order valence-corrected chi connectivity index (χ1v) is 8.65. The minimum absolute atomic E-state index is 0.0695. The molecule has 21 heavy (non-hydrogen) atoms. The number of Topliss-reactive ketones (excluding diaryl/α,β-unsaturated/α-hetero) is 1. The monoisotopic (exact) mass is 310 g/mol. The van der Waals surface area contributed by atoms with Crippen LogP contribution >= 0.6 is 0 Å². The van der Waals surface area contributed by atoms with Crippen LogP contribution in [0.5, 0.6) is 5.75 Å². The van der Waals surface area contributed by atoms with Crippen LogP contribution < -0.4 is 4.74 Å². The fraction of sp³-hybridized carbons (Fsp3) is 0.562. The molecule has 2 atom stereocenters. The van der Waals surface area contributed by atoms with Gasteiger partial charge in [-0.2, -0.15) is 0 Å². The Kier molecular flexibility index (Phi) is 4.11. The average molecular weight is 310 g/mol. The lowest BCUT2D eigenvalue weighted by Crippen LogP contribution is -2.41. The fourth-order valence-electron chi connectivity index (χ4n) is 3.54. The Morgan fingerprint density at radius 2 is 1.95 bits per heavy atom. The van der Waals surface area contributed by atoms with Crippen molar-refractivity contribution in [2.45, 2.75) is 42.6 Å². The van der Waals surface area contributed by atoms with E-state index in [1.54, 1.807) is 0 Å². The van der Waals surface area contributed by atoms with Crippen molar-refractivity contribution in [2.24, 2.45) is 5.92 Å². The highest BCUT2D eigenvalue weighted by Crippen LogP contribution is 2.39. The number of methoxy groups -OCH3 is 1. The summed E-state index contributed by atoms with van der Waals surface area (Å²) in [5.41, 5.74) is 0.313. The maximum absolute atomic E-state index is 13.4. The van der Waals surface area contributed by atoms with E-state index in [0.717, 1.165) is 19.3 Å². The molecule has 5 heteroatoms. The first-order chi connectivity index (χ1) is 10.1. The Balaban J connectivity index is 1.86. The molecule has 0 amide bonds. The topological polar surface area (TPSA) is 43.4 Å². The molecule has 1 aromatic carbocycles. The molecule has 0 spiro atoms. The number of carbonyl (C=O) groups is 1. The van der Waals surface area contributed by atoms with E-state index in [1.807, 2.05) is 0 Å². The van der Waals surface area contributed by atoms with Crippen molar-refractivity contribution in [2.75, 3.05) is 7.11 Å². The van der Waals surface area contributed by atoms with Gasteiger partial charge < -0.3 is 4.74 Å². The quantitative estimate of drug-likeness (QED) is 0.806. The molecule has 0 aliphatic carbocycles. The molecule has 0 N–H and O–H groups in total. The zero-order chi connectivity index (χ0) is 15.0. The van der Waals surface area contributed by atoms with Crippen molar-refractivity contribution in [3.8, 4) is 5.75 Å². The molecule has 3 nitrogen and oxygen atoms in total. The molecule has 0 radical (unpaired) electrons. The zero-order valence-corrected chi connectivity index (χ0v) is 12.8. The highest BCUT2D eigenvalue weighted by molar-refractivity contribution is 7.86. The molecule has 2 fully saturated rings. The minimum Gasteiger partial charge on any atom is -0.496 e. The minimum atomic E-state index is -0.799. The normalized spacial score (nSPS) is 31.7. The van der Waals surface area contributed by atoms with Gasteiger partial charge in [0.2, 0.25) is 0 Å². The third-order valence-electron chi connectivity index (χ3n) is 4.60. The summed E-state index contributed by atoms with van der Waals surface area (Å²) in [4.78, 5) is 12.7. The average Bonchev–Trinajstić information content (AvgIpc) is 2.46. The summed E-state index contributed by atoms with van der Waals surface area (Å²) in [6.45, 7) is 0. The Labute approximate surface area is 126 Å². The van der Waals surface area contributed by atoms with Gasteiger partial charge in [-0.05, 0) is 43.9 Å². The van der Waals surface area contributed by atoms with Crippen LogP contribution in [-0.4, -0.2) is 27.6 Å². The molecule has 2 unspecified atom stereocenters. The lowest BCUT2D eigenvalue weighted by molar-refractivity contribution is 0.0891. The van der Waals surface area contributed by atoms with Crippen LogP contribution in [0.15, 0.2) is 18.2 Å². The third kappa shape index (κ3) is 2.76. The van der Waals surface area contributed by atoms with Gasteiger partial charge in [-0.25, -0.2) is 4.39 Å². The first kappa shape index (κ1) is 14.7. The molecule has 2 bridgehead atoms. The number of carbonyl (C=O) groups excluding carboxylic acids is 1. The van der Waals surface area contributed by atoms with Crippen LogP contribution in [0.25, 0.3) is 0 Å². The fourth-order valence-corrected chi connectivity index (χ4v) is 5.73. The maximum Gasteiger partial charge on any atom is 0.169 e. The predicted octanol–water partition coefficient (Wildman–Crippen LogP) is 3.10. The highest BCUT2D eigenvalue weighted by atomic mass is 32.2. The summed E-state index contributed by atoms with van der Waals surface area (Å²) in [5, 5.41) is 0.261. The number of hydrogen-bond acceptors (Lipinski definition) is 3. The molecule has 2 aliphatic heterocycles. The summed E-state index contributed by atoms with van der Waals surface area (Å²) < 4.78 is 30.8. The van der Waals surface area contributed by atoms with E-state index < -0.39 is 16.6 Å². The molecule has 2 saturated heterocycles. The van der Waals surface area contributed by atoms with Crippen LogP contribution in [0.3, 0.4) is 0 Å². The van der Waals surface area contributed by atoms with E-state index in [-0.39, 0.29) is 22.2 Å². The van der Waals surface area contributed by atoms with Crippen LogP contribution in [-0.2, 0) is 10.8 Å². The largest absolute Gasteiger partial charge is 0.496 e. The van der Waals surface area contributed by atoms with E-state index in [1.165, 1.54) is 25.3 Å². The van der Waals surface area contributed by atoms with Crippen molar-refractivity contribution >= 4 is 16.6 Å². The number of fused-ring (bicyclic) bond motifs is 2. The summed E-state index contributed by atoms with van der Waals surface area (Å²) in [6, 6.07) is 4.03. The standard InChI is InChI=1S/C16H19FO3S/c1-20-15-6-5-11(17)9-14(15)16(18)10-7-12-3-2-4-13(8-10)21(12)19/h5-6,9-10,12-13H,2-4,7-8H2,1H3. The van der Waals surface area contributed by atoms with Gasteiger partial charge in [0.25, 0.3) is 0 Å². The van der Waals surface area contributed by atoms with Crippen molar-refractivity contribution < 1.29 is 18.1 Å². The molecule has 114 valence electrons. The van der Waals surface area contributed by atoms with Gasteiger partial charge in [0.1, 0.15) is 11.6 Å². The van der Waals surface area contributed by atoms with Crippen molar-refractivity contribution in [1.82, 2.24) is 0 Å². The summed E-state index contributed by atoms with van der Waals surface area (Å²) in [6.07, 6.45) is 4.29. The molecule has 3 rings (SSSR count). The Morgan fingerprint density at radius 3 is 2.57 bits per heavy atom. The second kappa shape index (κ2) is 5.87. The highest BCUT2D eigenvalue weighted by Gasteiger charge is 2.41. The van der Waals surface area contributed by atoms with Crippen LogP contribution in [0.1, 0.15) is 42.5 Å². The van der Waals surface area contributed by atoms with Crippen molar-refractivity contribution in [1.29, 1.82) is 0 Å². The lowest BCUT2D eigenvalue weighted by atomic mass is 9.84. The van der Waals surface area contributed by atoms with Gasteiger partial charge in [0, 0.05) is 27.2 Å². The Bertz CT molecular complexity index is 571. The molecule has 1 aromatic rings. The number of ether oxygens (including phenoxy) is 1. The van der Waals surface area contributed by atoms with E-state index in [0.29, 0.717) is 24.2 Å². The molecular formula is C16H19FO3S.